The maximum atomic E-state index is 12.3. The molecule has 0 radical (unpaired) electrons. The molecule has 1 aliphatic rings. The molecule has 0 saturated carbocycles. The van der Waals surface area contributed by atoms with Crippen molar-refractivity contribution in [1.29, 1.82) is 0 Å². The molecule has 1 amide bonds. The molecule has 1 aromatic carbocycles. The molecule has 0 spiro atoms. The zero-order chi connectivity index (χ0) is 19.5. The van der Waals surface area contributed by atoms with Crippen LogP contribution in [0.3, 0.4) is 0 Å². The highest BCUT2D eigenvalue weighted by atomic mass is 16.1. The van der Waals surface area contributed by atoms with E-state index in [1.165, 1.54) is 32.4 Å². The molecule has 27 heavy (non-hydrogen) atoms. The fourth-order valence-corrected chi connectivity index (χ4v) is 3.15. The van der Waals surface area contributed by atoms with Gasteiger partial charge in [0.2, 0.25) is 0 Å². The summed E-state index contributed by atoms with van der Waals surface area (Å²) in [5.41, 5.74) is 1.76. The monoisotopic (exact) mass is 373 g/mol. The molecule has 1 saturated heterocycles. The van der Waals surface area contributed by atoms with Gasteiger partial charge in [0.15, 0.2) is 5.96 Å². The molecule has 0 aromatic heterocycles. The molecule has 6 heteroatoms. The van der Waals surface area contributed by atoms with Crippen molar-refractivity contribution in [3.05, 3.63) is 35.4 Å². The number of piperidine rings is 1. The molecule has 1 heterocycles. The van der Waals surface area contributed by atoms with Gasteiger partial charge >= 0.3 is 0 Å². The number of amides is 1. The Morgan fingerprint density at radius 2 is 2.00 bits per heavy atom. The summed E-state index contributed by atoms with van der Waals surface area (Å²) in [6.45, 7) is 9.06. The van der Waals surface area contributed by atoms with Crippen LogP contribution in [-0.4, -0.2) is 56.0 Å². The Hall–Kier alpha value is -2.08. The summed E-state index contributed by atoms with van der Waals surface area (Å²) >= 11 is 0. The number of guanidine groups is 1. The third kappa shape index (κ3) is 7.59. The van der Waals surface area contributed by atoms with Crippen LogP contribution in [0.25, 0.3) is 0 Å². The maximum absolute atomic E-state index is 12.3. The van der Waals surface area contributed by atoms with Crippen LogP contribution in [0.4, 0.5) is 0 Å². The third-order valence-corrected chi connectivity index (χ3v) is 5.03. The van der Waals surface area contributed by atoms with Gasteiger partial charge in [0.05, 0.1) is 0 Å². The number of nitrogens with one attached hydrogen (secondary N) is 3. The van der Waals surface area contributed by atoms with E-state index in [0.717, 1.165) is 31.0 Å². The second-order valence-electron chi connectivity index (χ2n) is 7.24. The molecule has 1 aliphatic heterocycles. The van der Waals surface area contributed by atoms with E-state index >= 15 is 0 Å². The average molecular weight is 374 g/mol. The molecule has 150 valence electrons. The fraction of sp³-hybridized carbons (Fsp3) is 0.619. The Bertz CT molecular complexity index is 610. The van der Waals surface area contributed by atoms with E-state index in [0.29, 0.717) is 12.1 Å². The van der Waals surface area contributed by atoms with Crippen molar-refractivity contribution < 1.29 is 4.79 Å². The molecular weight excluding hydrogens is 338 g/mol. The minimum absolute atomic E-state index is 0.0183. The summed E-state index contributed by atoms with van der Waals surface area (Å²) in [7, 11) is 1.78. The van der Waals surface area contributed by atoms with E-state index in [9.17, 15) is 4.79 Å². The number of nitrogens with zero attached hydrogens (tertiary/aromatic N) is 2. The van der Waals surface area contributed by atoms with Crippen LogP contribution in [0, 0.1) is 0 Å². The first kappa shape index (κ1) is 21.2. The van der Waals surface area contributed by atoms with Crippen LogP contribution < -0.4 is 16.0 Å². The lowest BCUT2D eigenvalue weighted by atomic mass is 10.1. The molecule has 1 atom stereocenters. The number of carbonyl (C=O) groups excluding carboxylic acids is 1. The summed E-state index contributed by atoms with van der Waals surface area (Å²) in [4.78, 5) is 19.1. The van der Waals surface area contributed by atoms with Crippen LogP contribution in [0.5, 0.6) is 0 Å². The highest BCUT2D eigenvalue weighted by Gasteiger charge is 2.10. The maximum Gasteiger partial charge on any atom is 0.251 e. The topological polar surface area (TPSA) is 68.8 Å². The minimum atomic E-state index is -0.0183. The second kappa shape index (κ2) is 11.6. The van der Waals surface area contributed by atoms with E-state index in [1.54, 1.807) is 7.05 Å². The lowest BCUT2D eigenvalue weighted by Gasteiger charge is -2.26. The van der Waals surface area contributed by atoms with Gasteiger partial charge in [-0.1, -0.05) is 25.5 Å². The lowest BCUT2D eigenvalue weighted by molar-refractivity contribution is 0.0939. The Morgan fingerprint density at radius 1 is 1.22 bits per heavy atom. The summed E-state index contributed by atoms with van der Waals surface area (Å²) in [6, 6.07) is 7.92. The molecule has 1 fully saturated rings. The predicted molar refractivity (Wildman–Crippen MR) is 112 cm³/mol. The van der Waals surface area contributed by atoms with Crippen LogP contribution in [0.15, 0.2) is 29.3 Å². The van der Waals surface area contributed by atoms with Crippen molar-refractivity contribution >= 4 is 11.9 Å². The predicted octanol–water partition coefficient (Wildman–Crippen LogP) is 2.37. The summed E-state index contributed by atoms with van der Waals surface area (Å²) in [5.74, 6) is 0.775. The van der Waals surface area contributed by atoms with Gasteiger partial charge in [0.25, 0.3) is 5.91 Å². The highest BCUT2D eigenvalue weighted by molar-refractivity contribution is 5.94. The first-order valence-corrected chi connectivity index (χ1v) is 10.2. The number of hydrogen-bond acceptors (Lipinski definition) is 3. The Labute approximate surface area is 163 Å². The van der Waals surface area contributed by atoms with Crippen molar-refractivity contribution in [2.24, 2.45) is 4.99 Å². The summed E-state index contributed by atoms with van der Waals surface area (Å²) < 4.78 is 0. The third-order valence-electron chi connectivity index (χ3n) is 5.03. The van der Waals surface area contributed by atoms with Crippen LogP contribution in [0.1, 0.15) is 55.5 Å². The van der Waals surface area contributed by atoms with Gasteiger partial charge in [-0.15, -0.1) is 0 Å². The number of aliphatic imine (C=N–C) groups is 1. The van der Waals surface area contributed by atoms with Crippen molar-refractivity contribution in [2.45, 2.75) is 52.1 Å². The smallest absolute Gasteiger partial charge is 0.251 e. The summed E-state index contributed by atoms with van der Waals surface area (Å²) in [6.07, 6.45) is 4.91. The quantitative estimate of drug-likeness (QED) is 0.483. The van der Waals surface area contributed by atoms with Crippen molar-refractivity contribution in [1.82, 2.24) is 20.9 Å². The molecule has 1 unspecified atom stereocenters. The molecular formula is C21H35N5O. The molecule has 1 aromatic rings. The lowest BCUT2D eigenvalue weighted by Crippen LogP contribution is -2.42. The van der Waals surface area contributed by atoms with E-state index < -0.39 is 0 Å². The molecule has 0 aliphatic carbocycles. The van der Waals surface area contributed by atoms with Gasteiger partial charge in [-0.05, 0) is 57.0 Å². The van der Waals surface area contributed by atoms with Crippen molar-refractivity contribution in [2.75, 3.05) is 33.2 Å². The van der Waals surface area contributed by atoms with E-state index in [4.69, 9.17) is 0 Å². The minimum Gasteiger partial charge on any atom is -0.355 e. The highest BCUT2D eigenvalue weighted by Crippen LogP contribution is 2.08. The number of likely N-dealkylation sites (tertiary alicyclic amines) is 1. The van der Waals surface area contributed by atoms with Crippen molar-refractivity contribution in [3.63, 3.8) is 0 Å². The first-order chi connectivity index (χ1) is 13.1. The van der Waals surface area contributed by atoms with Gasteiger partial charge in [0.1, 0.15) is 0 Å². The number of hydrogen-bond donors (Lipinski definition) is 3. The van der Waals surface area contributed by atoms with Crippen LogP contribution >= 0.6 is 0 Å². The average Bonchev–Trinajstić information content (AvgIpc) is 2.71. The largest absolute Gasteiger partial charge is 0.355 e. The van der Waals surface area contributed by atoms with E-state index in [1.807, 2.05) is 31.2 Å². The molecule has 0 bridgehead atoms. The number of carbonyl (C=O) groups is 1. The molecule has 3 N–H and O–H groups in total. The standard InChI is InChI=1S/C21H35N5O/c1-4-17(2)25-20(27)19-10-8-9-18(15-19)16-24-21(22-3)23-11-14-26-12-6-5-7-13-26/h8-10,15,17H,4-7,11-14,16H2,1-3H3,(H,25,27)(H2,22,23,24). The Morgan fingerprint density at radius 3 is 2.70 bits per heavy atom. The second-order valence-corrected chi connectivity index (χ2v) is 7.24. The zero-order valence-electron chi connectivity index (χ0n) is 17.1. The SMILES string of the molecule is CCC(C)NC(=O)c1cccc(CNC(=NC)NCCN2CCCCC2)c1. The van der Waals surface area contributed by atoms with Gasteiger partial charge in [0, 0.05) is 38.3 Å². The molecule has 2 rings (SSSR count). The van der Waals surface area contributed by atoms with Gasteiger partial charge in [-0.25, -0.2) is 0 Å². The van der Waals surface area contributed by atoms with E-state index in [2.05, 4.69) is 32.8 Å². The zero-order valence-corrected chi connectivity index (χ0v) is 17.1. The number of rotatable bonds is 8. The normalized spacial score (nSPS) is 16.6. The first-order valence-electron chi connectivity index (χ1n) is 10.2. The Balaban J connectivity index is 1.78. The van der Waals surface area contributed by atoms with Crippen LogP contribution in [-0.2, 0) is 6.54 Å². The van der Waals surface area contributed by atoms with Crippen molar-refractivity contribution in [3.8, 4) is 0 Å². The van der Waals surface area contributed by atoms with Gasteiger partial charge < -0.3 is 20.9 Å². The van der Waals surface area contributed by atoms with Gasteiger partial charge in [-0.3, -0.25) is 9.79 Å². The fourth-order valence-electron chi connectivity index (χ4n) is 3.15. The Kier molecular flexibility index (Phi) is 9.11. The summed E-state index contributed by atoms with van der Waals surface area (Å²) in [5, 5.41) is 9.71. The van der Waals surface area contributed by atoms with E-state index in [-0.39, 0.29) is 11.9 Å². The number of benzene rings is 1. The van der Waals surface area contributed by atoms with Crippen LogP contribution in [0.2, 0.25) is 0 Å². The molecule has 6 nitrogen and oxygen atoms in total. The van der Waals surface area contributed by atoms with Gasteiger partial charge in [-0.2, -0.15) is 0 Å².